The molecule has 1 amide bonds. The van der Waals surface area contributed by atoms with Gasteiger partial charge in [-0.25, -0.2) is 4.98 Å². The normalized spacial score (nSPS) is 17.9. The predicted molar refractivity (Wildman–Crippen MR) is 132 cm³/mol. The van der Waals surface area contributed by atoms with E-state index in [1.54, 1.807) is 11.8 Å². The summed E-state index contributed by atoms with van der Waals surface area (Å²) in [4.78, 5) is 19.1. The molecule has 0 saturated heterocycles. The van der Waals surface area contributed by atoms with Gasteiger partial charge in [-0.3, -0.25) is 14.8 Å². The van der Waals surface area contributed by atoms with E-state index in [-0.39, 0.29) is 17.2 Å². The lowest BCUT2D eigenvalue weighted by molar-refractivity contribution is -0.118. The first-order valence-electron chi connectivity index (χ1n) is 10.0. The van der Waals surface area contributed by atoms with E-state index < -0.39 is 0 Å². The van der Waals surface area contributed by atoms with E-state index in [2.05, 4.69) is 46.1 Å². The fourth-order valence-electron chi connectivity index (χ4n) is 3.78. The minimum atomic E-state index is -0.169. The van der Waals surface area contributed by atoms with Crippen LogP contribution < -0.4 is 11.1 Å². The molecule has 168 valence electrons. The first-order chi connectivity index (χ1) is 15.3. The Morgan fingerprint density at radius 2 is 2.12 bits per heavy atom. The van der Waals surface area contributed by atoms with Crippen molar-refractivity contribution in [1.82, 2.24) is 25.4 Å². The number of aromatic nitrogens is 3. The molecule has 2 aromatic rings. The third-order valence-corrected chi connectivity index (χ3v) is 6.62. The van der Waals surface area contributed by atoms with Crippen molar-refractivity contribution in [2.45, 2.75) is 24.6 Å². The van der Waals surface area contributed by atoms with Crippen LogP contribution in [0.5, 0.6) is 0 Å². The second-order valence-electron chi connectivity index (χ2n) is 7.63. The number of H-pyrrole nitrogens is 1. The van der Waals surface area contributed by atoms with Crippen LogP contribution in [0.25, 0.3) is 4.91 Å². The van der Waals surface area contributed by atoms with E-state index >= 15 is 0 Å². The summed E-state index contributed by atoms with van der Waals surface area (Å²) in [6, 6.07) is 7.92. The molecule has 1 aromatic heterocycles. The number of benzene rings is 1. The van der Waals surface area contributed by atoms with E-state index in [4.69, 9.17) is 17.3 Å². The predicted octanol–water partition coefficient (Wildman–Crippen LogP) is 4.03. The number of hydrogen-bond donors (Lipinski definition) is 3. The van der Waals surface area contributed by atoms with E-state index in [0.717, 1.165) is 28.3 Å². The Morgan fingerprint density at radius 1 is 1.41 bits per heavy atom. The zero-order valence-corrected chi connectivity index (χ0v) is 19.9. The summed E-state index contributed by atoms with van der Waals surface area (Å²) in [5, 5.41) is 10.5. The molecule has 1 aliphatic heterocycles. The average molecular weight is 471 g/mol. The van der Waals surface area contributed by atoms with Gasteiger partial charge in [-0.05, 0) is 67.7 Å². The first kappa shape index (κ1) is 23.8. The van der Waals surface area contributed by atoms with Crippen LogP contribution in [-0.2, 0) is 4.79 Å². The van der Waals surface area contributed by atoms with Crippen LogP contribution in [0.3, 0.4) is 0 Å². The number of nitrogens with zero attached hydrogens (tertiary/aromatic N) is 3. The number of allylic oxidation sites excluding steroid dienone is 2. The van der Waals surface area contributed by atoms with Crippen molar-refractivity contribution < 1.29 is 4.79 Å². The molecular formula is C23H27ClN6OS. The second kappa shape index (κ2) is 10.7. The summed E-state index contributed by atoms with van der Waals surface area (Å²) in [6.45, 7) is 5.40. The van der Waals surface area contributed by atoms with E-state index in [0.29, 0.717) is 10.7 Å². The molecule has 1 aliphatic rings. The van der Waals surface area contributed by atoms with Crippen LogP contribution in [-0.4, -0.2) is 45.3 Å². The molecule has 0 radical (unpaired) electrons. The number of aromatic amines is 1. The van der Waals surface area contributed by atoms with E-state index in [1.807, 2.05) is 36.4 Å². The highest BCUT2D eigenvalue weighted by atomic mass is 35.5. The van der Waals surface area contributed by atoms with Crippen molar-refractivity contribution in [3.05, 3.63) is 88.8 Å². The van der Waals surface area contributed by atoms with Gasteiger partial charge in [-0.2, -0.15) is 5.10 Å². The van der Waals surface area contributed by atoms with Crippen molar-refractivity contribution in [1.29, 1.82) is 0 Å². The number of carbonyl (C=O) groups excluding carboxylic acids is 1. The summed E-state index contributed by atoms with van der Waals surface area (Å²) in [6.07, 6.45) is 7.47. The highest BCUT2D eigenvalue weighted by Crippen LogP contribution is 2.51. The first-order valence-corrected chi connectivity index (χ1v) is 11.3. The van der Waals surface area contributed by atoms with Crippen LogP contribution in [0.2, 0.25) is 5.02 Å². The average Bonchev–Trinajstić information content (AvgIpc) is 3.38. The van der Waals surface area contributed by atoms with E-state index in [1.165, 1.54) is 25.0 Å². The van der Waals surface area contributed by atoms with Gasteiger partial charge >= 0.3 is 0 Å². The number of nitrogens with two attached hydrogens (primary N) is 1. The van der Waals surface area contributed by atoms with Gasteiger partial charge in [-0.15, -0.1) is 11.8 Å². The van der Waals surface area contributed by atoms with Crippen molar-refractivity contribution >= 4 is 34.2 Å². The number of carbonyl (C=O) groups is 1. The summed E-state index contributed by atoms with van der Waals surface area (Å²) >= 11 is 7.82. The summed E-state index contributed by atoms with van der Waals surface area (Å²) in [5.74, 6) is 0.558. The topological polar surface area (TPSA) is 99.9 Å². The maximum atomic E-state index is 11.4. The molecule has 1 aromatic carbocycles. The van der Waals surface area contributed by atoms with Gasteiger partial charge in [0.25, 0.3) is 0 Å². The molecule has 2 atom stereocenters. The number of thioether (sulfide) groups is 1. The highest BCUT2D eigenvalue weighted by Gasteiger charge is 2.35. The Bertz CT molecular complexity index is 1060. The van der Waals surface area contributed by atoms with Crippen LogP contribution in [0, 0.1) is 0 Å². The lowest BCUT2D eigenvalue weighted by Crippen LogP contribution is -2.23. The maximum absolute atomic E-state index is 11.4. The molecule has 9 heteroatoms. The quantitative estimate of drug-likeness (QED) is 0.504. The number of amides is 1. The smallest absolute Gasteiger partial charge is 0.221 e. The number of likely N-dealkylation sites (N-methyl/N-ethyl adjacent to an activating group) is 1. The van der Waals surface area contributed by atoms with E-state index in [9.17, 15) is 4.79 Å². The fraction of sp³-hybridized carbons (Fsp3) is 0.261. The lowest BCUT2D eigenvalue weighted by atomic mass is 9.92. The SMILES string of the molecule is C=C(/C=C(\C=C/N)C1CC([C@@H](c2ccc(Cl)cc2)N(C)C)=C(c2ncn[nH]2)S1)NC(C)=O. The molecule has 0 fully saturated rings. The van der Waals surface area contributed by atoms with Gasteiger partial charge in [0.15, 0.2) is 5.82 Å². The fourth-order valence-corrected chi connectivity index (χ4v) is 5.29. The Hall–Kier alpha value is -2.81. The lowest BCUT2D eigenvalue weighted by Gasteiger charge is -2.27. The molecule has 7 nitrogen and oxygen atoms in total. The summed E-state index contributed by atoms with van der Waals surface area (Å²) < 4.78 is 0. The van der Waals surface area contributed by atoms with Crippen LogP contribution >= 0.6 is 23.4 Å². The van der Waals surface area contributed by atoms with Crippen molar-refractivity contribution in [3.8, 4) is 0 Å². The molecular weight excluding hydrogens is 444 g/mol. The Balaban J connectivity index is 2.03. The van der Waals surface area contributed by atoms with Crippen molar-refractivity contribution in [2.24, 2.45) is 5.73 Å². The standard InChI is InChI=1S/C23H27ClN6OS/c1-14(28-15(2)31)11-17(9-10-25)20-12-19(22(32-20)23-26-13-27-29-23)21(30(3)4)16-5-7-18(24)8-6-16/h5-11,13,20-21H,1,12,25H2,2-4H3,(H,28,31)(H,26,27,29)/b10-9-,17-11+/t20?,21-/m1/s1. The van der Waals surface area contributed by atoms with Gasteiger partial charge in [-0.1, -0.05) is 30.3 Å². The van der Waals surface area contributed by atoms with Gasteiger partial charge < -0.3 is 11.1 Å². The van der Waals surface area contributed by atoms with Gasteiger partial charge in [0.2, 0.25) is 5.91 Å². The molecule has 0 bridgehead atoms. The zero-order valence-electron chi connectivity index (χ0n) is 18.3. The monoisotopic (exact) mass is 470 g/mol. The molecule has 0 saturated carbocycles. The summed E-state index contributed by atoms with van der Waals surface area (Å²) in [7, 11) is 4.11. The van der Waals surface area contributed by atoms with Gasteiger partial charge in [0.1, 0.15) is 6.33 Å². The second-order valence-corrected chi connectivity index (χ2v) is 9.28. The summed E-state index contributed by atoms with van der Waals surface area (Å²) in [5.41, 5.74) is 9.56. The van der Waals surface area contributed by atoms with Crippen molar-refractivity contribution in [3.63, 3.8) is 0 Å². The van der Waals surface area contributed by atoms with Gasteiger partial charge in [0, 0.05) is 22.9 Å². The van der Waals surface area contributed by atoms with Crippen LogP contribution in [0.1, 0.15) is 30.8 Å². The van der Waals surface area contributed by atoms with Gasteiger partial charge in [0.05, 0.1) is 10.9 Å². The Morgan fingerprint density at radius 3 is 2.69 bits per heavy atom. The van der Waals surface area contributed by atoms with Crippen molar-refractivity contribution in [2.75, 3.05) is 14.1 Å². The molecule has 32 heavy (non-hydrogen) atoms. The van der Waals surface area contributed by atoms with Crippen LogP contribution in [0.4, 0.5) is 0 Å². The molecule has 1 unspecified atom stereocenters. The highest BCUT2D eigenvalue weighted by molar-refractivity contribution is 8.09. The Labute approximate surface area is 197 Å². The number of hydrogen-bond acceptors (Lipinski definition) is 6. The molecule has 0 spiro atoms. The Kier molecular flexibility index (Phi) is 7.95. The largest absolute Gasteiger partial charge is 0.405 e. The molecule has 3 rings (SSSR count). The minimum Gasteiger partial charge on any atom is -0.405 e. The third kappa shape index (κ3) is 5.70. The maximum Gasteiger partial charge on any atom is 0.221 e. The molecule has 4 N–H and O–H groups in total. The number of nitrogens with one attached hydrogen (secondary N) is 2. The molecule has 2 heterocycles. The number of halogens is 1. The van der Waals surface area contributed by atoms with Crippen LogP contribution in [0.15, 0.2) is 72.4 Å². The zero-order chi connectivity index (χ0) is 23.3. The number of rotatable bonds is 8. The molecule has 0 aliphatic carbocycles. The minimum absolute atomic E-state index is 0.0199. The third-order valence-electron chi connectivity index (χ3n) is 4.96.